The van der Waals surface area contributed by atoms with Gasteiger partial charge in [-0.1, -0.05) is 12.1 Å². The minimum absolute atomic E-state index is 0.0332. The van der Waals surface area contributed by atoms with Crippen molar-refractivity contribution in [2.45, 2.75) is 6.54 Å². The minimum Gasteiger partial charge on any atom is -0.475 e. The molecule has 3 N–H and O–H groups in total. The van der Waals surface area contributed by atoms with Gasteiger partial charge in [-0.3, -0.25) is 0 Å². The summed E-state index contributed by atoms with van der Waals surface area (Å²) in [7, 11) is 1.68. The van der Waals surface area contributed by atoms with Crippen molar-refractivity contribution < 1.29 is 9.90 Å². The quantitative estimate of drug-likeness (QED) is 0.757. The number of aromatic carboxylic acids is 1. The summed E-state index contributed by atoms with van der Waals surface area (Å²) in [5, 5.41) is 8.92. The highest BCUT2D eigenvalue weighted by molar-refractivity contribution is 5.90. The zero-order valence-corrected chi connectivity index (χ0v) is 8.27. The Morgan fingerprint density at radius 2 is 2.33 bits per heavy atom. The van der Waals surface area contributed by atoms with E-state index >= 15 is 0 Å². The summed E-state index contributed by atoms with van der Waals surface area (Å²) in [6, 6.07) is 5.47. The van der Waals surface area contributed by atoms with Gasteiger partial charge in [0.2, 0.25) is 5.82 Å². The van der Waals surface area contributed by atoms with Crippen LogP contribution in [0.5, 0.6) is 0 Å². The molecule has 0 spiro atoms. The third-order valence-electron chi connectivity index (χ3n) is 2.39. The van der Waals surface area contributed by atoms with Gasteiger partial charge in [-0.2, -0.15) is 0 Å². The summed E-state index contributed by atoms with van der Waals surface area (Å²) in [4.78, 5) is 14.9. The molecule has 0 fully saturated rings. The van der Waals surface area contributed by atoms with Gasteiger partial charge in [-0.15, -0.1) is 0 Å². The highest BCUT2D eigenvalue weighted by Crippen LogP contribution is 2.19. The maximum Gasteiger partial charge on any atom is 0.372 e. The lowest BCUT2D eigenvalue weighted by Crippen LogP contribution is -2.07. The number of aromatic nitrogens is 2. The van der Waals surface area contributed by atoms with Gasteiger partial charge in [0.1, 0.15) is 0 Å². The molecule has 0 saturated heterocycles. The zero-order chi connectivity index (χ0) is 11.0. The molecular weight excluding hydrogens is 194 g/mol. The predicted molar refractivity (Wildman–Crippen MR) is 55.6 cm³/mol. The summed E-state index contributed by atoms with van der Waals surface area (Å²) in [6.07, 6.45) is 0. The van der Waals surface area contributed by atoms with Gasteiger partial charge in [0, 0.05) is 13.6 Å². The number of carboxylic acids is 1. The van der Waals surface area contributed by atoms with Crippen molar-refractivity contribution in [1.29, 1.82) is 0 Å². The number of nitrogens with two attached hydrogens (primary N) is 1. The second-order valence-electron chi connectivity index (χ2n) is 3.29. The minimum atomic E-state index is -1.03. The van der Waals surface area contributed by atoms with Crippen molar-refractivity contribution >= 4 is 17.0 Å². The maximum absolute atomic E-state index is 10.9. The first-order valence-electron chi connectivity index (χ1n) is 4.53. The molecule has 0 aliphatic rings. The van der Waals surface area contributed by atoms with E-state index in [1.807, 2.05) is 12.1 Å². The van der Waals surface area contributed by atoms with E-state index in [0.29, 0.717) is 12.1 Å². The first-order valence-corrected chi connectivity index (χ1v) is 4.53. The van der Waals surface area contributed by atoms with Gasteiger partial charge >= 0.3 is 5.97 Å². The first-order chi connectivity index (χ1) is 7.15. The second kappa shape index (κ2) is 3.36. The summed E-state index contributed by atoms with van der Waals surface area (Å²) >= 11 is 0. The third-order valence-corrected chi connectivity index (χ3v) is 2.39. The van der Waals surface area contributed by atoms with Crippen molar-refractivity contribution in [2.24, 2.45) is 12.8 Å². The molecule has 1 aromatic heterocycles. The number of hydrogen-bond donors (Lipinski definition) is 2. The number of rotatable bonds is 2. The highest BCUT2D eigenvalue weighted by atomic mass is 16.4. The normalized spacial score (nSPS) is 10.8. The fraction of sp³-hybridized carbons (Fsp3) is 0.200. The van der Waals surface area contributed by atoms with Crippen LogP contribution in [0.4, 0.5) is 0 Å². The molecular formula is C10H11N3O2. The van der Waals surface area contributed by atoms with Crippen LogP contribution in [0.2, 0.25) is 0 Å². The van der Waals surface area contributed by atoms with E-state index in [1.54, 1.807) is 17.7 Å². The SMILES string of the molecule is Cn1c(C(=O)O)nc2cccc(CN)c21. The van der Waals surface area contributed by atoms with Crippen LogP contribution in [0.1, 0.15) is 16.2 Å². The average Bonchev–Trinajstić information content (AvgIpc) is 2.56. The lowest BCUT2D eigenvalue weighted by atomic mass is 10.2. The van der Waals surface area contributed by atoms with E-state index in [9.17, 15) is 4.79 Å². The van der Waals surface area contributed by atoms with Crippen LogP contribution in [0.3, 0.4) is 0 Å². The van der Waals surface area contributed by atoms with Crippen molar-refractivity contribution in [3.63, 3.8) is 0 Å². The molecule has 0 aliphatic carbocycles. The van der Waals surface area contributed by atoms with Crippen LogP contribution < -0.4 is 5.73 Å². The monoisotopic (exact) mass is 205 g/mol. The highest BCUT2D eigenvalue weighted by Gasteiger charge is 2.15. The Morgan fingerprint density at radius 1 is 1.60 bits per heavy atom. The molecule has 0 radical (unpaired) electrons. The summed E-state index contributed by atoms with van der Waals surface area (Å²) in [5.41, 5.74) is 7.93. The maximum atomic E-state index is 10.9. The van der Waals surface area contributed by atoms with Crippen molar-refractivity contribution in [3.05, 3.63) is 29.6 Å². The summed E-state index contributed by atoms with van der Waals surface area (Å²) < 4.78 is 1.56. The number of nitrogens with zero attached hydrogens (tertiary/aromatic N) is 2. The molecule has 0 atom stereocenters. The third kappa shape index (κ3) is 1.37. The summed E-state index contributed by atoms with van der Waals surface area (Å²) in [6.45, 7) is 0.371. The van der Waals surface area contributed by atoms with Crippen LogP contribution in [0.15, 0.2) is 18.2 Å². The zero-order valence-electron chi connectivity index (χ0n) is 8.27. The van der Waals surface area contributed by atoms with E-state index in [1.165, 1.54) is 0 Å². The fourth-order valence-electron chi connectivity index (χ4n) is 1.71. The Kier molecular flexibility index (Phi) is 2.17. The molecule has 2 aromatic rings. The number of aryl methyl sites for hydroxylation is 1. The van der Waals surface area contributed by atoms with E-state index in [2.05, 4.69) is 4.98 Å². The van der Waals surface area contributed by atoms with Gasteiger partial charge in [0.15, 0.2) is 0 Å². The number of para-hydroxylation sites is 1. The second-order valence-corrected chi connectivity index (χ2v) is 3.29. The Labute approximate surface area is 86.1 Å². The number of hydrogen-bond acceptors (Lipinski definition) is 3. The van der Waals surface area contributed by atoms with Gasteiger partial charge in [0.05, 0.1) is 11.0 Å². The predicted octanol–water partition coefficient (Wildman–Crippen LogP) is 0.730. The smallest absolute Gasteiger partial charge is 0.372 e. The molecule has 0 amide bonds. The molecule has 0 saturated carbocycles. The van der Waals surface area contributed by atoms with Crippen molar-refractivity contribution in [3.8, 4) is 0 Å². The number of carbonyl (C=O) groups is 1. The largest absolute Gasteiger partial charge is 0.475 e. The lowest BCUT2D eigenvalue weighted by Gasteiger charge is -2.02. The average molecular weight is 205 g/mol. The van der Waals surface area contributed by atoms with Crippen LogP contribution in [-0.2, 0) is 13.6 Å². The lowest BCUT2D eigenvalue weighted by molar-refractivity contribution is 0.0680. The van der Waals surface area contributed by atoms with Crippen molar-refractivity contribution in [1.82, 2.24) is 9.55 Å². The Hall–Kier alpha value is -1.88. The molecule has 15 heavy (non-hydrogen) atoms. The first kappa shape index (κ1) is 9.67. The molecule has 5 heteroatoms. The van der Waals surface area contributed by atoms with Gasteiger partial charge < -0.3 is 15.4 Å². The Bertz CT molecular complexity index is 531. The Morgan fingerprint density at radius 3 is 2.93 bits per heavy atom. The van der Waals surface area contributed by atoms with Crippen LogP contribution in [0, 0.1) is 0 Å². The van der Waals surface area contributed by atoms with E-state index < -0.39 is 5.97 Å². The number of fused-ring (bicyclic) bond motifs is 1. The molecule has 2 rings (SSSR count). The molecule has 78 valence electrons. The van der Waals surface area contributed by atoms with Gasteiger partial charge in [-0.05, 0) is 11.6 Å². The fourth-order valence-corrected chi connectivity index (χ4v) is 1.71. The van der Waals surface area contributed by atoms with Crippen LogP contribution in [-0.4, -0.2) is 20.6 Å². The molecule has 1 heterocycles. The summed E-state index contributed by atoms with van der Waals surface area (Å²) in [5.74, 6) is -0.998. The Balaban J connectivity index is 2.82. The molecule has 0 bridgehead atoms. The van der Waals surface area contributed by atoms with Crippen molar-refractivity contribution in [2.75, 3.05) is 0 Å². The molecule has 5 nitrogen and oxygen atoms in total. The van der Waals surface area contributed by atoms with Crippen LogP contribution in [0.25, 0.3) is 11.0 Å². The van der Waals surface area contributed by atoms with E-state index in [0.717, 1.165) is 11.1 Å². The molecule has 1 aromatic carbocycles. The topological polar surface area (TPSA) is 81.1 Å². The van der Waals surface area contributed by atoms with Gasteiger partial charge in [0.25, 0.3) is 0 Å². The molecule has 0 aliphatic heterocycles. The molecule has 0 unspecified atom stereocenters. The van der Waals surface area contributed by atoms with Crippen LogP contribution >= 0.6 is 0 Å². The standard InChI is InChI=1S/C10H11N3O2/c1-13-8-6(5-11)3-2-4-7(8)12-9(13)10(14)15/h2-4H,5,11H2,1H3,(H,14,15). The number of imidazole rings is 1. The number of benzene rings is 1. The number of carboxylic acid groups (broad SMARTS) is 1. The van der Waals surface area contributed by atoms with Gasteiger partial charge in [-0.25, -0.2) is 9.78 Å². The van der Waals surface area contributed by atoms with E-state index in [4.69, 9.17) is 10.8 Å². The van der Waals surface area contributed by atoms with E-state index in [-0.39, 0.29) is 5.82 Å².